The van der Waals surface area contributed by atoms with Crippen LogP contribution in [-0.4, -0.2) is 31.6 Å². The summed E-state index contributed by atoms with van der Waals surface area (Å²) in [6, 6.07) is 0. The molecule has 0 spiro atoms. The van der Waals surface area contributed by atoms with E-state index in [0.717, 1.165) is 12.8 Å². The molecule has 0 N–H and O–H groups in total. The third kappa shape index (κ3) is 1.50. The fourth-order valence-electron chi connectivity index (χ4n) is 1.71. The van der Waals surface area contributed by atoms with Crippen LogP contribution in [0.1, 0.15) is 26.7 Å². The number of nitrogens with zero attached hydrogens (tertiary/aromatic N) is 1. The summed E-state index contributed by atoms with van der Waals surface area (Å²) < 4.78 is 24.0. The van der Waals surface area contributed by atoms with Crippen molar-refractivity contribution in [3.05, 3.63) is 0 Å². The molecule has 72 valence electrons. The summed E-state index contributed by atoms with van der Waals surface area (Å²) in [4.78, 5) is 0. The second-order valence-electron chi connectivity index (χ2n) is 3.99. The minimum atomic E-state index is -3.01. The molecule has 1 rings (SSSR count). The van der Waals surface area contributed by atoms with E-state index >= 15 is 0 Å². The smallest absolute Gasteiger partial charge is 0.211 e. The highest BCUT2D eigenvalue weighted by molar-refractivity contribution is 7.88. The van der Waals surface area contributed by atoms with E-state index in [0.29, 0.717) is 5.92 Å². The zero-order valence-electron chi connectivity index (χ0n) is 8.16. The van der Waals surface area contributed by atoms with Gasteiger partial charge in [-0.1, -0.05) is 13.8 Å². The SMILES string of the molecule is CC(C)C1(N(C)S(C)(=O)=O)CC1. The molecule has 0 bridgehead atoms. The zero-order chi connectivity index (χ0) is 9.57. The molecule has 0 aliphatic heterocycles. The molecule has 1 fully saturated rings. The number of rotatable bonds is 3. The molecule has 0 saturated heterocycles. The van der Waals surface area contributed by atoms with Gasteiger partial charge in [-0.15, -0.1) is 0 Å². The normalized spacial score (nSPS) is 21.8. The van der Waals surface area contributed by atoms with Crippen LogP contribution < -0.4 is 0 Å². The van der Waals surface area contributed by atoms with E-state index in [1.165, 1.54) is 10.6 Å². The first-order chi connectivity index (χ1) is 5.31. The molecule has 0 atom stereocenters. The fourth-order valence-corrected chi connectivity index (χ4v) is 2.77. The van der Waals surface area contributed by atoms with Gasteiger partial charge in [0.15, 0.2) is 0 Å². The lowest BCUT2D eigenvalue weighted by Gasteiger charge is -2.29. The topological polar surface area (TPSA) is 37.4 Å². The van der Waals surface area contributed by atoms with Crippen LogP contribution in [0.15, 0.2) is 0 Å². The Labute approximate surface area is 74.8 Å². The van der Waals surface area contributed by atoms with Crippen molar-refractivity contribution in [2.24, 2.45) is 5.92 Å². The predicted molar refractivity (Wildman–Crippen MR) is 49.4 cm³/mol. The summed E-state index contributed by atoms with van der Waals surface area (Å²) in [5, 5.41) is 0. The molecule has 0 aromatic heterocycles. The van der Waals surface area contributed by atoms with Gasteiger partial charge in [0.25, 0.3) is 0 Å². The Hall–Kier alpha value is -0.0900. The molecule has 1 aliphatic carbocycles. The Morgan fingerprint density at radius 1 is 1.33 bits per heavy atom. The molecule has 0 radical (unpaired) electrons. The van der Waals surface area contributed by atoms with Crippen LogP contribution >= 0.6 is 0 Å². The van der Waals surface area contributed by atoms with Crippen LogP contribution in [0.3, 0.4) is 0 Å². The van der Waals surface area contributed by atoms with E-state index in [1.807, 2.05) is 0 Å². The number of hydrogen-bond acceptors (Lipinski definition) is 2. The van der Waals surface area contributed by atoms with Crippen molar-refractivity contribution >= 4 is 10.0 Å². The summed E-state index contributed by atoms with van der Waals surface area (Å²) in [5.41, 5.74) is -0.0619. The van der Waals surface area contributed by atoms with Crippen LogP contribution in [0, 0.1) is 5.92 Å². The molecular weight excluding hydrogens is 174 g/mol. The van der Waals surface area contributed by atoms with Gasteiger partial charge < -0.3 is 0 Å². The molecule has 0 aromatic carbocycles. The third-order valence-corrected chi connectivity index (χ3v) is 4.32. The number of sulfonamides is 1. The van der Waals surface area contributed by atoms with Crippen molar-refractivity contribution in [2.45, 2.75) is 32.2 Å². The van der Waals surface area contributed by atoms with Crippen LogP contribution in [0.5, 0.6) is 0 Å². The van der Waals surface area contributed by atoms with Crippen molar-refractivity contribution in [3.8, 4) is 0 Å². The molecule has 0 unspecified atom stereocenters. The molecule has 0 heterocycles. The molecular formula is C8H17NO2S. The van der Waals surface area contributed by atoms with Crippen LogP contribution in [-0.2, 0) is 10.0 Å². The minimum Gasteiger partial charge on any atom is -0.212 e. The maximum absolute atomic E-state index is 11.2. The van der Waals surface area contributed by atoms with Crippen molar-refractivity contribution in [1.29, 1.82) is 0 Å². The van der Waals surface area contributed by atoms with Crippen molar-refractivity contribution < 1.29 is 8.42 Å². The van der Waals surface area contributed by atoms with Crippen molar-refractivity contribution in [2.75, 3.05) is 13.3 Å². The van der Waals surface area contributed by atoms with Crippen LogP contribution in [0.25, 0.3) is 0 Å². The highest BCUT2D eigenvalue weighted by Crippen LogP contribution is 2.47. The van der Waals surface area contributed by atoms with Gasteiger partial charge in [-0.05, 0) is 18.8 Å². The quantitative estimate of drug-likeness (QED) is 0.669. The number of hydrogen-bond donors (Lipinski definition) is 0. The van der Waals surface area contributed by atoms with Gasteiger partial charge in [-0.3, -0.25) is 0 Å². The molecule has 0 aromatic rings. The van der Waals surface area contributed by atoms with E-state index in [2.05, 4.69) is 13.8 Å². The molecule has 4 heteroatoms. The molecule has 1 aliphatic rings. The van der Waals surface area contributed by atoms with Gasteiger partial charge >= 0.3 is 0 Å². The Balaban J connectivity index is 2.84. The minimum absolute atomic E-state index is 0.0619. The third-order valence-electron chi connectivity index (χ3n) is 2.96. The maximum Gasteiger partial charge on any atom is 0.211 e. The van der Waals surface area contributed by atoms with Gasteiger partial charge in [0.2, 0.25) is 10.0 Å². The van der Waals surface area contributed by atoms with Crippen LogP contribution in [0.2, 0.25) is 0 Å². The standard InChI is InChI=1S/C8H17NO2S/c1-7(2)8(5-6-8)9(3)12(4,10)11/h7H,5-6H2,1-4H3. The Morgan fingerprint density at radius 3 is 1.83 bits per heavy atom. The Morgan fingerprint density at radius 2 is 1.75 bits per heavy atom. The van der Waals surface area contributed by atoms with Gasteiger partial charge in [0, 0.05) is 12.6 Å². The summed E-state index contributed by atoms with van der Waals surface area (Å²) in [5.74, 6) is 0.414. The average Bonchev–Trinajstić information content (AvgIpc) is 2.62. The molecule has 1 saturated carbocycles. The van der Waals surface area contributed by atoms with Crippen molar-refractivity contribution in [3.63, 3.8) is 0 Å². The van der Waals surface area contributed by atoms with Gasteiger partial charge in [0.05, 0.1) is 6.26 Å². The second-order valence-corrected chi connectivity index (χ2v) is 6.00. The Bertz CT molecular complexity index is 265. The maximum atomic E-state index is 11.2. The lowest BCUT2D eigenvalue weighted by Crippen LogP contribution is -2.41. The summed E-state index contributed by atoms with van der Waals surface area (Å²) in [6.45, 7) is 4.16. The largest absolute Gasteiger partial charge is 0.212 e. The first kappa shape index (κ1) is 9.99. The first-order valence-electron chi connectivity index (χ1n) is 4.25. The summed E-state index contributed by atoms with van der Waals surface area (Å²) in [6.07, 6.45) is 3.29. The van der Waals surface area contributed by atoms with E-state index in [4.69, 9.17) is 0 Å². The van der Waals surface area contributed by atoms with E-state index in [1.54, 1.807) is 7.05 Å². The highest BCUT2D eigenvalue weighted by Gasteiger charge is 2.51. The highest BCUT2D eigenvalue weighted by atomic mass is 32.2. The second kappa shape index (κ2) is 2.70. The molecule has 12 heavy (non-hydrogen) atoms. The average molecular weight is 191 g/mol. The first-order valence-corrected chi connectivity index (χ1v) is 6.09. The lowest BCUT2D eigenvalue weighted by atomic mass is 10.0. The lowest BCUT2D eigenvalue weighted by molar-refractivity contribution is 0.273. The summed E-state index contributed by atoms with van der Waals surface area (Å²) >= 11 is 0. The molecule has 0 amide bonds. The van der Waals surface area contributed by atoms with Crippen molar-refractivity contribution in [1.82, 2.24) is 4.31 Å². The van der Waals surface area contributed by atoms with Crippen LogP contribution in [0.4, 0.5) is 0 Å². The monoisotopic (exact) mass is 191 g/mol. The predicted octanol–water partition coefficient (Wildman–Crippen LogP) is 1.07. The fraction of sp³-hybridized carbons (Fsp3) is 1.00. The molecule has 3 nitrogen and oxygen atoms in total. The zero-order valence-corrected chi connectivity index (χ0v) is 8.98. The summed E-state index contributed by atoms with van der Waals surface area (Å²) in [7, 11) is -1.33. The Kier molecular flexibility index (Phi) is 2.25. The van der Waals surface area contributed by atoms with E-state index in [9.17, 15) is 8.42 Å². The van der Waals surface area contributed by atoms with E-state index < -0.39 is 10.0 Å². The van der Waals surface area contributed by atoms with Gasteiger partial charge in [0.1, 0.15) is 0 Å². The van der Waals surface area contributed by atoms with E-state index in [-0.39, 0.29) is 5.54 Å². The van der Waals surface area contributed by atoms with Gasteiger partial charge in [-0.2, -0.15) is 4.31 Å². The van der Waals surface area contributed by atoms with Gasteiger partial charge in [-0.25, -0.2) is 8.42 Å².